The highest BCUT2D eigenvalue weighted by Crippen LogP contribution is 2.09. The molecule has 2 atom stereocenters. The fourth-order valence-corrected chi connectivity index (χ4v) is 1.29. The van der Waals surface area contributed by atoms with E-state index in [1.165, 1.54) is 11.8 Å². The van der Waals surface area contributed by atoms with Crippen LogP contribution in [0.3, 0.4) is 0 Å². The lowest BCUT2D eigenvalue weighted by Gasteiger charge is -2.14. The number of aliphatic hydroxyl groups excluding tert-OH is 2. The third-order valence-electron chi connectivity index (χ3n) is 2.10. The van der Waals surface area contributed by atoms with Gasteiger partial charge in [-0.1, -0.05) is 0 Å². The first-order valence-electron chi connectivity index (χ1n) is 4.39. The van der Waals surface area contributed by atoms with Crippen molar-refractivity contribution in [3.63, 3.8) is 0 Å². The van der Waals surface area contributed by atoms with Crippen molar-refractivity contribution in [3.05, 3.63) is 0 Å². The molecule has 1 rings (SSSR count). The molecule has 14 heavy (non-hydrogen) atoms. The smallest absolute Gasteiger partial charge is 0.242 e. The van der Waals surface area contributed by atoms with E-state index in [2.05, 4.69) is 5.32 Å². The molecule has 0 aromatic rings. The van der Waals surface area contributed by atoms with Gasteiger partial charge in [0.2, 0.25) is 11.8 Å². The predicted molar refractivity (Wildman–Crippen MR) is 47.3 cm³/mol. The Bertz CT molecular complexity index is 233. The average Bonchev–Trinajstić information content (AvgIpc) is 2.43. The summed E-state index contributed by atoms with van der Waals surface area (Å²) in [5.41, 5.74) is 0. The molecular formula is C8H14N2O4. The Morgan fingerprint density at radius 1 is 1.36 bits per heavy atom. The molecular weight excluding hydrogens is 188 g/mol. The van der Waals surface area contributed by atoms with Gasteiger partial charge in [0.1, 0.15) is 0 Å². The van der Waals surface area contributed by atoms with E-state index in [1.807, 2.05) is 0 Å². The first kappa shape index (κ1) is 10.9. The van der Waals surface area contributed by atoms with Gasteiger partial charge in [-0.05, 0) is 0 Å². The van der Waals surface area contributed by atoms with Crippen molar-refractivity contribution in [2.75, 3.05) is 19.6 Å². The number of hydrogen-bond acceptors (Lipinski definition) is 4. The molecule has 6 nitrogen and oxygen atoms in total. The second-order valence-corrected chi connectivity index (χ2v) is 3.34. The predicted octanol–water partition coefficient (Wildman–Crippen LogP) is -2.31. The average molecular weight is 202 g/mol. The molecule has 1 aliphatic heterocycles. The van der Waals surface area contributed by atoms with Crippen LogP contribution in [-0.2, 0) is 9.59 Å². The number of hydrogen-bond donors (Lipinski definition) is 3. The number of nitrogens with one attached hydrogen (secondary N) is 1. The van der Waals surface area contributed by atoms with E-state index >= 15 is 0 Å². The fourth-order valence-electron chi connectivity index (χ4n) is 1.29. The summed E-state index contributed by atoms with van der Waals surface area (Å²) in [6.07, 6.45) is -1.76. The molecule has 1 aliphatic rings. The van der Waals surface area contributed by atoms with Gasteiger partial charge in [-0.15, -0.1) is 0 Å². The van der Waals surface area contributed by atoms with E-state index in [9.17, 15) is 9.59 Å². The zero-order valence-electron chi connectivity index (χ0n) is 7.93. The van der Waals surface area contributed by atoms with Crippen molar-refractivity contribution in [2.24, 2.45) is 0 Å². The largest absolute Gasteiger partial charge is 0.388 e. The van der Waals surface area contributed by atoms with E-state index in [0.717, 1.165) is 0 Å². The highest BCUT2D eigenvalue weighted by atomic mass is 16.3. The number of β-amino-alcohol motifs (C(OH)–C–C–N with tert-alkyl or cyclic N) is 2. The maximum atomic E-state index is 11.3. The van der Waals surface area contributed by atoms with E-state index in [1.54, 1.807) is 0 Å². The maximum absolute atomic E-state index is 11.3. The SMILES string of the molecule is CC(=O)NCC(=O)N1CC(O)C(O)C1. The molecule has 0 aromatic carbocycles. The van der Waals surface area contributed by atoms with Gasteiger partial charge in [0.25, 0.3) is 0 Å². The lowest BCUT2D eigenvalue weighted by Crippen LogP contribution is -2.38. The number of carbonyl (C=O) groups excluding carboxylic acids is 2. The normalized spacial score (nSPS) is 26.4. The van der Waals surface area contributed by atoms with Crippen molar-refractivity contribution >= 4 is 11.8 Å². The maximum Gasteiger partial charge on any atom is 0.242 e. The van der Waals surface area contributed by atoms with Crippen molar-refractivity contribution in [1.29, 1.82) is 0 Å². The summed E-state index contributed by atoms with van der Waals surface area (Å²) in [4.78, 5) is 23.2. The quantitative estimate of drug-likeness (QED) is 0.469. The van der Waals surface area contributed by atoms with Gasteiger partial charge in [0.05, 0.1) is 18.8 Å². The Kier molecular flexibility index (Phi) is 3.43. The van der Waals surface area contributed by atoms with Crippen LogP contribution < -0.4 is 5.32 Å². The molecule has 0 spiro atoms. The second kappa shape index (κ2) is 4.39. The minimum absolute atomic E-state index is 0.0885. The van der Waals surface area contributed by atoms with Crippen LogP contribution in [0.1, 0.15) is 6.92 Å². The molecule has 1 fully saturated rings. The van der Waals surface area contributed by atoms with Gasteiger partial charge in [-0.25, -0.2) is 0 Å². The first-order chi connectivity index (χ1) is 6.50. The number of rotatable bonds is 2. The van der Waals surface area contributed by atoms with Gasteiger partial charge < -0.3 is 20.4 Å². The van der Waals surface area contributed by atoms with Crippen LogP contribution in [0.25, 0.3) is 0 Å². The molecule has 0 saturated carbocycles. The van der Waals surface area contributed by atoms with Gasteiger partial charge in [0, 0.05) is 20.0 Å². The van der Waals surface area contributed by atoms with Crippen molar-refractivity contribution < 1.29 is 19.8 Å². The topological polar surface area (TPSA) is 89.9 Å². The molecule has 0 bridgehead atoms. The molecule has 1 saturated heterocycles. The lowest BCUT2D eigenvalue weighted by molar-refractivity contribution is -0.132. The van der Waals surface area contributed by atoms with Crippen molar-refractivity contribution in [1.82, 2.24) is 10.2 Å². The third-order valence-corrected chi connectivity index (χ3v) is 2.10. The van der Waals surface area contributed by atoms with E-state index < -0.39 is 12.2 Å². The third kappa shape index (κ3) is 2.68. The zero-order chi connectivity index (χ0) is 10.7. The highest BCUT2D eigenvalue weighted by molar-refractivity contribution is 5.83. The van der Waals surface area contributed by atoms with Crippen molar-refractivity contribution in [2.45, 2.75) is 19.1 Å². The van der Waals surface area contributed by atoms with Crippen LogP contribution in [-0.4, -0.2) is 58.8 Å². The molecule has 2 amide bonds. The Balaban J connectivity index is 2.36. The Morgan fingerprint density at radius 2 is 1.86 bits per heavy atom. The van der Waals surface area contributed by atoms with Gasteiger partial charge in [0.15, 0.2) is 0 Å². The van der Waals surface area contributed by atoms with Crippen LogP contribution in [0.2, 0.25) is 0 Å². The molecule has 0 aliphatic carbocycles. The standard InChI is InChI=1S/C8H14N2O4/c1-5(11)9-2-8(14)10-3-6(12)7(13)4-10/h6-7,12-13H,2-4H2,1H3,(H,9,11). The van der Waals surface area contributed by atoms with Crippen LogP contribution in [0, 0.1) is 0 Å². The summed E-state index contributed by atoms with van der Waals surface area (Å²) < 4.78 is 0. The van der Waals surface area contributed by atoms with E-state index in [0.29, 0.717) is 0 Å². The molecule has 0 radical (unpaired) electrons. The first-order valence-corrected chi connectivity index (χ1v) is 4.39. The summed E-state index contributed by atoms with van der Waals surface area (Å²) in [5, 5.41) is 20.7. The fraction of sp³-hybridized carbons (Fsp3) is 0.750. The van der Waals surface area contributed by atoms with Crippen LogP contribution in [0.15, 0.2) is 0 Å². The number of amides is 2. The Labute approximate surface area is 81.5 Å². The molecule has 2 unspecified atom stereocenters. The second-order valence-electron chi connectivity index (χ2n) is 3.34. The summed E-state index contributed by atoms with van der Waals surface area (Å²) in [7, 11) is 0. The lowest BCUT2D eigenvalue weighted by atomic mass is 10.3. The number of carbonyl (C=O) groups is 2. The summed E-state index contributed by atoms with van der Waals surface area (Å²) in [6.45, 7) is 1.48. The summed E-state index contributed by atoms with van der Waals surface area (Å²) in [5.74, 6) is -0.575. The van der Waals surface area contributed by atoms with Crippen molar-refractivity contribution in [3.8, 4) is 0 Å². The Morgan fingerprint density at radius 3 is 2.29 bits per heavy atom. The molecule has 0 aromatic heterocycles. The molecule has 3 N–H and O–H groups in total. The Hall–Kier alpha value is -1.14. The van der Waals surface area contributed by atoms with Gasteiger partial charge >= 0.3 is 0 Å². The van der Waals surface area contributed by atoms with Crippen LogP contribution in [0.5, 0.6) is 0 Å². The molecule has 6 heteroatoms. The van der Waals surface area contributed by atoms with Gasteiger partial charge in [-0.3, -0.25) is 9.59 Å². The summed E-state index contributed by atoms with van der Waals surface area (Å²) in [6, 6.07) is 0. The minimum atomic E-state index is -0.878. The van der Waals surface area contributed by atoms with Gasteiger partial charge in [-0.2, -0.15) is 0 Å². The molecule has 1 heterocycles. The molecule has 80 valence electrons. The number of aliphatic hydroxyl groups is 2. The highest BCUT2D eigenvalue weighted by Gasteiger charge is 2.32. The van der Waals surface area contributed by atoms with E-state index in [-0.39, 0.29) is 31.4 Å². The zero-order valence-corrected chi connectivity index (χ0v) is 7.93. The monoisotopic (exact) mass is 202 g/mol. The number of likely N-dealkylation sites (tertiary alicyclic amines) is 1. The summed E-state index contributed by atoms with van der Waals surface area (Å²) >= 11 is 0. The number of nitrogens with zero attached hydrogens (tertiary/aromatic N) is 1. The van der Waals surface area contributed by atoms with Crippen LogP contribution >= 0.6 is 0 Å². The minimum Gasteiger partial charge on any atom is -0.388 e. The van der Waals surface area contributed by atoms with Crippen LogP contribution in [0.4, 0.5) is 0 Å². The van der Waals surface area contributed by atoms with E-state index in [4.69, 9.17) is 10.2 Å².